The Morgan fingerprint density at radius 1 is 1.13 bits per heavy atom. The molecule has 2 rings (SSSR count). The molecule has 166 valence electrons. The van der Waals surface area contributed by atoms with Gasteiger partial charge in [0.05, 0.1) is 17.8 Å². The number of aromatic amines is 1. The number of halogens is 1. The highest BCUT2D eigenvalue weighted by atomic mass is 35.5. The highest BCUT2D eigenvalue weighted by molar-refractivity contribution is 6.32. The van der Waals surface area contributed by atoms with Crippen molar-refractivity contribution < 1.29 is 34.1 Å². The third-order valence-electron chi connectivity index (χ3n) is 3.87. The van der Waals surface area contributed by atoms with Gasteiger partial charge in [-0.3, -0.25) is 10.1 Å². The van der Waals surface area contributed by atoms with Crippen LogP contribution in [0.25, 0.3) is 11.1 Å². The van der Waals surface area contributed by atoms with Crippen molar-refractivity contribution in [3.63, 3.8) is 0 Å². The minimum Gasteiger partial charge on any atom is -0.495 e. The molecular formula is C19H20ClN3O8. The number of pyridine rings is 1. The fourth-order valence-electron chi connectivity index (χ4n) is 2.75. The Hall–Kier alpha value is -3.73. The summed E-state index contributed by atoms with van der Waals surface area (Å²) in [7, 11) is 1.30. The number of carbonyl (C=O) groups is 3. The first-order chi connectivity index (χ1) is 14.3. The number of methoxy groups -OCH3 is 1. The standard InChI is InChI=1S/C19H20ClN3O8/c1-19(2,3)31-18(29)22-9-6-10(30-4)8(20)5-7(9)11-12(16(25)26)14(21)23-15(24)13(11)17(27)28/h5-6H,1-4H3,(H,22,29)(H,25,26)(H,27,28)(H3,21,23,24). The topological polar surface area (TPSA) is 181 Å². The van der Waals surface area contributed by atoms with Crippen molar-refractivity contribution in [1.82, 2.24) is 4.98 Å². The zero-order chi connectivity index (χ0) is 23.7. The number of nitrogens with two attached hydrogens (primary N) is 1. The first kappa shape index (κ1) is 23.5. The molecule has 0 saturated carbocycles. The van der Waals surface area contributed by atoms with Crippen molar-refractivity contribution in [2.24, 2.45) is 0 Å². The lowest BCUT2D eigenvalue weighted by Crippen LogP contribution is -2.28. The largest absolute Gasteiger partial charge is 0.495 e. The molecule has 1 aromatic carbocycles. The molecule has 11 nitrogen and oxygen atoms in total. The summed E-state index contributed by atoms with van der Waals surface area (Å²) in [5, 5.41) is 21.6. The number of amides is 1. The van der Waals surface area contributed by atoms with Gasteiger partial charge in [-0.1, -0.05) is 11.6 Å². The minimum absolute atomic E-state index is 0.0428. The average Bonchev–Trinajstić information content (AvgIpc) is 2.59. The molecule has 12 heteroatoms. The molecule has 0 bridgehead atoms. The van der Waals surface area contributed by atoms with Gasteiger partial charge in [0.15, 0.2) is 0 Å². The first-order valence-corrected chi connectivity index (χ1v) is 9.04. The number of nitrogen functional groups attached to an aromatic ring is 1. The van der Waals surface area contributed by atoms with Crippen molar-refractivity contribution in [1.29, 1.82) is 0 Å². The van der Waals surface area contributed by atoms with Crippen LogP contribution in [0.15, 0.2) is 16.9 Å². The van der Waals surface area contributed by atoms with E-state index in [1.54, 1.807) is 20.8 Å². The van der Waals surface area contributed by atoms with Crippen molar-refractivity contribution in [3.05, 3.63) is 38.6 Å². The monoisotopic (exact) mass is 453 g/mol. The summed E-state index contributed by atoms with van der Waals surface area (Å²) in [6, 6.07) is 2.39. The van der Waals surface area contributed by atoms with Gasteiger partial charge in [-0.25, -0.2) is 14.4 Å². The maximum Gasteiger partial charge on any atom is 0.412 e. The van der Waals surface area contributed by atoms with Crippen LogP contribution in [-0.2, 0) is 4.74 Å². The number of rotatable bonds is 5. The number of hydrogen-bond donors (Lipinski definition) is 5. The van der Waals surface area contributed by atoms with Crippen molar-refractivity contribution in [2.75, 3.05) is 18.2 Å². The normalized spacial score (nSPS) is 11.0. The van der Waals surface area contributed by atoms with Crippen LogP contribution in [0.2, 0.25) is 5.02 Å². The minimum atomic E-state index is -1.71. The average molecular weight is 454 g/mol. The molecule has 0 unspecified atom stereocenters. The lowest BCUT2D eigenvalue weighted by atomic mass is 9.94. The van der Waals surface area contributed by atoms with Crippen LogP contribution < -0.4 is 21.3 Å². The van der Waals surface area contributed by atoms with Gasteiger partial charge in [-0.05, 0) is 26.8 Å². The Labute approximate surface area is 180 Å². The number of ether oxygens (including phenoxy) is 2. The number of carboxylic acid groups (broad SMARTS) is 2. The van der Waals surface area contributed by atoms with Gasteiger partial charge in [0.2, 0.25) is 0 Å². The zero-order valence-corrected chi connectivity index (χ0v) is 17.7. The molecule has 0 radical (unpaired) electrons. The van der Waals surface area contributed by atoms with Crippen LogP contribution in [0.5, 0.6) is 5.75 Å². The molecule has 0 aliphatic rings. The van der Waals surface area contributed by atoms with E-state index >= 15 is 0 Å². The maximum absolute atomic E-state index is 12.3. The van der Waals surface area contributed by atoms with E-state index in [-0.39, 0.29) is 22.0 Å². The summed E-state index contributed by atoms with van der Waals surface area (Å²) >= 11 is 6.16. The van der Waals surface area contributed by atoms with Crippen LogP contribution in [0.4, 0.5) is 16.3 Å². The van der Waals surface area contributed by atoms with E-state index in [0.29, 0.717) is 0 Å². The maximum atomic E-state index is 12.3. The number of anilines is 2. The number of nitrogens with one attached hydrogen (secondary N) is 2. The summed E-state index contributed by atoms with van der Waals surface area (Å²) in [5.41, 5.74) is 1.21. The molecule has 0 saturated heterocycles. The third-order valence-corrected chi connectivity index (χ3v) is 4.16. The van der Waals surface area contributed by atoms with E-state index in [0.717, 1.165) is 6.07 Å². The van der Waals surface area contributed by atoms with Gasteiger partial charge >= 0.3 is 18.0 Å². The number of carbonyl (C=O) groups excluding carboxylic acids is 1. The Kier molecular flexibility index (Phi) is 6.50. The fourth-order valence-corrected chi connectivity index (χ4v) is 2.99. The molecule has 1 amide bonds. The van der Waals surface area contributed by atoms with Gasteiger partial charge < -0.3 is 30.4 Å². The fraction of sp³-hybridized carbons (Fsp3) is 0.263. The predicted octanol–water partition coefficient (Wildman–Crippen LogP) is 3.03. The van der Waals surface area contributed by atoms with Crippen LogP contribution in [0.3, 0.4) is 0 Å². The lowest BCUT2D eigenvalue weighted by Gasteiger charge is -2.22. The molecule has 1 heterocycles. The van der Waals surface area contributed by atoms with Crippen molar-refractivity contribution >= 4 is 41.1 Å². The van der Waals surface area contributed by atoms with Gasteiger partial charge in [0.1, 0.15) is 28.3 Å². The van der Waals surface area contributed by atoms with E-state index in [1.165, 1.54) is 13.2 Å². The van der Waals surface area contributed by atoms with Gasteiger partial charge in [0.25, 0.3) is 5.56 Å². The number of benzene rings is 1. The summed E-state index contributed by atoms with van der Waals surface area (Å²) in [4.78, 5) is 50.3. The van der Waals surface area contributed by atoms with E-state index in [9.17, 15) is 29.4 Å². The number of H-pyrrole nitrogens is 1. The zero-order valence-electron chi connectivity index (χ0n) is 17.0. The molecule has 2 aromatic rings. The van der Waals surface area contributed by atoms with Crippen molar-refractivity contribution in [3.8, 4) is 16.9 Å². The number of carboxylic acids is 2. The van der Waals surface area contributed by atoms with Gasteiger partial charge in [-0.2, -0.15) is 0 Å². The highest BCUT2D eigenvalue weighted by Crippen LogP contribution is 2.40. The van der Waals surface area contributed by atoms with E-state index in [2.05, 4.69) is 5.32 Å². The van der Waals surface area contributed by atoms with Crippen LogP contribution >= 0.6 is 11.6 Å². The summed E-state index contributed by atoms with van der Waals surface area (Å²) in [6.07, 6.45) is -0.926. The smallest absolute Gasteiger partial charge is 0.412 e. The molecule has 31 heavy (non-hydrogen) atoms. The second-order valence-corrected chi connectivity index (χ2v) is 7.67. The number of hydrogen-bond acceptors (Lipinski definition) is 7. The van der Waals surface area contributed by atoms with Crippen LogP contribution in [0.1, 0.15) is 41.5 Å². The second-order valence-electron chi connectivity index (χ2n) is 7.26. The lowest BCUT2D eigenvalue weighted by molar-refractivity contribution is 0.0632. The van der Waals surface area contributed by atoms with Crippen molar-refractivity contribution in [2.45, 2.75) is 26.4 Å². The Bertz CT molecular complexity index is 1130. The molecule has 0 spiro atoms. The predicted molar refractivity (Wildman–Crippen MR) is 112 cm³/mol. The molecule has 0 aliphatic heterocycles. The Balaban J connectivity index is 2.92. The quantitative estimate of drug-likeness (QED) is 0.454. The molecule has 0 aliphatic carbocycles. The van der Waals surface area contributed by atoms with E-state index < -0.39 is 51.7 Å². The van der Waals surface area contributed by atoms with Gasteiger partial charge in [0, 0.05) is 17.2 Å². The van der Waals surface area contributed by atoms with Crippen LogP contribution in [-0.4, -0.2) is 45.9 Å². The third kappa shape index (κ3) is 5.07. The molecule has 6 N–H and O–H groups in total. The number of aromatic carboxylic acids is 2. The van der Waals surface area contributed by atoms with E-state index in [1.807, 2.05) is 4.98 Å². The van der Waals surface area contributed by atoms with Crippen LogP contribution in [0, 0.1) is 0 Å². The highest BCUT2D eigenvalue weighted by Gasteiger charge is 2.29. The van der Waals surface area contributed by atoms with Gasteiger partial charge in [-0.15, -0.1) is 0 Å². The summed E-state index contributed by atoms with van der Waals surface area (Å²) in [5.74, 6) is -3.81. The molecule has 0 atom stereocenters. The Morgan fingerprint density at radius 2 is 1.71 bits per heavy atom. The summed E-state index contributed by atoms with van der Waals surface area (Å²) < 4.78 is 10.3. The SMILES string of the molecule is COc1cc(NC(=O)OC(C)(C)C)c(-c2c(C(=O)O)c(N)[nH]c(=O)c2C(=O)O)cc1Cl. The molecule has 1 aromatic heterocycles. The van der Waals surface area contributed by atoms with E-state index in [4.69, 9.17) is 26.8 Å². The first-order valence-electron chi connectivity index (χ1n) is 8.67. The Morgan fingerprint density at radius 3 is 2.19 bits per heavy atom. The summed E-state index contributed by atoms with van der Waals surface area (Å²) in [6.45, 7) is 4.87. The molecule has 0 fully saturated rings. The second kappa shape index (κ2) is 8.56. The molecular weight excluding hydrogens is 434 g/mol. The number of aromatic nitrogens is 1.